The van der Waals surface area contributed by atoms with E-state index in [-0.39, 0.29) is 12.0 Å². The van der Waals surface area contributed by atoms with Crippen molar-refractivity contribution in [2.45, 2.75) is 13.0 Å². The minimum absolute atomic E-state index is 0.0552. The van der Waals surface area contributed by atoms with E-state index >= 15 is 0 Å². The normalized spacial score (nSPS) is 19.6. The molecule has 110 valence electrons. The number of halogens is 1. The third kappa shape index (κ3) is 4.10. The minimum Gasteiger partial charge on any atom is -0.495 e. The molecule has 0 aliphatic carbocycles. The van der Waals surface area contributed by atoms with Crippen LogP contribution in [0, 0.1) is 0 Å². The molecule has 0 bridgehead atoms. The number of methoxy groups -OCH3 is 1. The van der Waals surface area contributed by atoms with Crippen LogP contribution in [0.4, 0.5) is 5.69 Å². The first-order valence-electron chi connectivity index (χ1n) is 6.56. The highest BCUT2D eigenvalue weighted by Crippen LogP contribution is 2.27. The van der Waals surface area contributed by atoms with Crippen LogP contribution in [-0.2, 0) is 9.53 Å². The number of anilines is 1. The quantitative estimate of drug-likeness (QED) is 0.924. The average Bonchev–Trinajstić information content (AvgIpc) is 2.38. The molecule has 5 nitrogen and oxygen atoms in total. The Balaban J connectivity index is 1.89. The van der Waals surface area contributed by atoms with Crippen molar-refractivity contribution in [1.82, 2.24) is 4.90 Å². The molecule has 1 aliphatic rings. The number of rotatable bonds is 4. The number of nitrogens with one attached hydrogen (secondary N) is 1. The summed E-state index contributed by atoms with van der Waals surface area (Å²) >= 11 is 6.02. The second-order valence-corrected chi connectivity index (χ2v) is 5.22. The van der Waals surface area contributed by atoms with Crippen LogP contribution < -0.4 is 10.1 Å². The van der Waals surface area contributed by atoms with Gasteiger partial charge >= 0.3 is 0 Å². The summed E-state index contributed by atoms with van der Waals surface area (Å²) in [7, 11) is 1.55. The molecule has 1 aromatic rings. The summed E-state index contributed by atoms with van der Waals surface area (Å²) in [6.45, 7) is 4.59. The number of benzene rings is 1. The monoisotopic (exact) mass is 298 g/mol. The maximum atomic E-state index is 12.0. The fourth-order valence-electron chi connectivity index (χ4n) is 2.18. The van der Waals surface area contributed by atoms with Crippen molar-refractivity contribution in [3.05, 3.63) is 23.2 Å². The van der Waals surface area contributed by atoms with Crippen LogP contribution in [-0.4, -0.2) is 50.3 Å². The van der Waals surface area contributed by atoms with Crippen LogP contribution in [0.3, 0.4) is 0 Å². The van der Waals surface area contributed by atoms with Crippen LogP contribution in [0.1, 0.15) is 6.92 Å². The Morgan fingerprint density at radius 1 is 1.60 bits per heavy atom. The van der Waals surface area contributed by atoms with E-state index in [9.17, 15) is 4.79 Å². The van der Waals surface area contributed by atoms with Gasteiger partial charge in [0.15, 0.2) is 0 Å². The molecule has 0 radical (unpaired) electrons. The van der Waals surface area contributed by atoms with Crippen LogP contribution >= 0.6 is 11.6 Å². The van der Waals surface area contributed by atoms with Crippen molar-refractivity contribution < 1.29 is 14.3 Å². The zero-order valence-electron chi connectivity index (χ0n) is 11.7. The van der Waals surface area contributed by atoms with Gasteiger partial charge in [0, 0.05) is 18.8 Å². The Morgan fingerprint density at radius 3 is 3.05 bits per heavy atom. The second-order valence-electron chi connectivity index (χ2n) is 4.81. The number of morpholine rings is 1. The second kappa shape index (κ2) is 6.92. The molecule has 1 aliphatic heterocycles. The standard InChI is InChI=1S/C14H19ClN2O3/c1-10-8-17(5-6-20-10)9-14(18)16-11-3-4-13(19-2)12(15)7-11/h3-4,7,10H,5-6,8-9H2,1-2H3,(H,16,18). The van der Waals surface area contributed by atoms with Crippen molar-refractivity contribution in [2.24, 2.45) is 0 Å². The summed E-state index contributed by atoms with van der Waals surface area (Å²) < 4.78 is 10.5. The van der Waals surface area contributed by atoms with Gasteiger partial charge in [-0.25, -0.2) is 0 Å². The van der Waals surface area contributed by atoms with Gasteiger partial charge in [-0.15, -0.1) is 0 Å². The van der Waals surface area contributed by atoms with E-state index < -0.39 is 0 Å². The number of nitrogens with zero attached hydrogens (tertiary/aromatic N) is 1. The predicted molar refractivity (Wildman–Crippen MR) is 78.5 cm³/mol. The fraction of sp³-hybridized carbons (Fsp3) is 0.500. The Bertz CT molecular complexity index is 481. The summed E-state index contributed by atoms with van der Waals surface area (Å²) in [4.78, 5) is 14.1. The molecule has 6 heteroatoms. The van der Waals surface area contributed by atoms with Crippen LogP contribution in [0.2, 0.25) is 5.02 Å². The van der Waals surface area contributed by atoms with Gasteiger partial charge in [0.25, 0.3) is 0 Å². The number of carbonyl (C=O) groups excluding carboxylic acids is 1. The first-order chi connectivity index (χ1) is 9.58. The highest BCUT2D eigenvalue weighted by Gasteiger charge is 2.19. The Labute approximate surface area is 123 Å². The summed E-state index contributed by atoms with van der Waals surface area (Å²) in [6, 6.07) is 5.18. The largest absolute Gasteiger partial charge is 0.495 e. The maximum absolute atomic E-state index is 12.0. The van der Waals surface area contributed by atoms with Gasteiger partial charge in [-0.05, 0) is 25.1 Å². The molecule has 0 aromatic heterocycles. The van der Waals surface area contributed by atoms with E-state index in [1.807, 2.05) is 6.92 Å². The third-order valence-electron chi connectivity index (χ3n) is 3.13. The van der Waals surface area contributed by atoms with Gasteiger partial charge in [0.1, 0.15) is 5.75 Å². The molecular formula is C14H19ClN2O3. The molecule has 0 spiro atoms. The third-order valence-corrected chi connectivity index (χ3v) is 3.42. The number of ether oxygens (including phenoxy) is 2. The van der Waals surface area contributed by atoms with Gasteiger partial charge in [0.2, 0.25) is 5.91 Å². The van der Waals surface area contributed by atoms with Crippen LogP contribution in [0.25, 0.3) is 0 Å². The number of hydrogen-bond donors (Lipinski definition) is 1. The van der Waals surface area contributed by atoms with E-state index in [0.29, 0.717) is 29.6 Å². The maximum Gasteiger partial charge on any atom is 0.238 e. The number of carbonyl (C=O) groups is 1. The van der Waals surface area contributed by atoms with Crippen molar-refractivity contribution in [3.8, 4) is 5.75 Å². The molecule has 2 rings (SSSR count). The molecule has 0 saturated carbocycles. The van der Waals surface area contributed by atoms with Gasteiger partial charge in [-0.3, -0.25) is 9.69 Å². The molecule has 1 amide bonds. The molecule has 1 saturated heterocycles. The summed E-state index contributed by atoms with van der Waals surface area (Å²) in [5, 5.41) is 3.31. The molecule has 1 unspecified atom stereocenters. The van der Waals surface area contributed by atoms with Gasteiger partial charge < -0.3 is 14.8 Å². The molecular weight excluding hydrogens is 280 g/mol. The molecule has 1 heterocycles. The first kappa shape index (κ1) is 15.1. The van der Waals surface area contributed by atoms with Gasteiger partial charge in [0.05, 0.1) is 31.4 Å². The van der Waals surface area contributed by atoms with E-state index in [1.54, 1.807) is 25.3 Å². The van der Waals surface area contributed by atoms with Crippen LogP contribution in [0.15, 0.2) is 18.2 Å². The molecule has 1 fully saturated rings. The van der Waals surface area contributed by atoms with E-state index in [0.717, 1.165) is 13.1 Å². The van der Waals surface area contributed by atoms with E-state index in [2.05, 4.69) is 10.2 Å². The van der Waals surface area contributed by atoms with E-state index in [1.165, 1.54) is 0 Å². The van der Waals surface area contributed by atoms with Crippen molar-refractivity contribution in [1.29, 1.82) is 0 Å². The van der Waals surface area contributed by atoms with Crippen LogP contribution in [0.5, 0.6) is 5.75 Å². The molecule has 1 N–H and O–H groups in total. The van der Waals surface area contributed by atoms with Crippen molar-refractivity contribution >= 4 is 23.2 Å². The lowest BCUT2D eigenvalue weighted by atomic mass is 10.2. The lowest BCUT2D eigenvalue weighted by Crippen LogP contribution is -2.44. The lowest BCUT2D eigenvalue weighted by molar-refractivity contribution is -0.119. The Morgan fingerprint density at radius 2 is 2.40 bits per heavy atom. The summed E-state index contributed by atoms with van der Waals surface area (Å²) in [5.41, 5.74) is 0.669. The van der Waals surface area contributed by atoms with Crippen molar-refractivity contribution in [2.75, 3.05) is 38.7 Å². The SMILES string of the molecule is COc1ccc(NC(=O)CN2CCOC(C)C2)cc1Cl. The molecule has 1 aromatic carbocycles. The first-order valence-corrected chi connectivity index (χ1v) is 6.93. The summed E-state index contributed by atoms with van der Waals surface area (Å²) in [6.07, 6.45) is 0.173. The summed E-state index contributed by atoms with van der Waals surface area (Å²) in [5.74, 6) is 0.534. The zero-order valence-corrected chi connectivity index (χ0v) is 12.4. The predicted octanol–water partition coefficient (Wildman–Crippen LogP) is 2.01. The molecule has 1 atom stereocenters. The minimum atomic E-state index is -0.0552. The van der Waals surface area contributed by atoms with Gasteiger partial charge in [-0.2, -0.15) is 0 Å². The fourth-order valence-corrected chi connectivity index (χ4v) is 2.44. The van der Waals surface area contributed by atoms with Crippen molar-refractivity contribution in [3.63, 3.8) is 0 Å². The zero-order chi connectivity index (χ0) is 14.5. The van der Waals surface area contributed by atoms with E-state index in [4.69, 9.17) is 21.1 Å². The Hall–Kier alpha value is -1.30. The average molecular weight is 299 g/mol. The lowest BCUT2D eigenvalue weighted by Gasteiger charge is -2.30. The van der Waals surface area contributed by atoms with Gasteiger partial charge in [-0.1, -0.05) is 11.6 Å². The smallest absolute Gasteiger partial charge is 0.238 e. The highest BCUT2D eigenvalue weighted by molar-refractivity contribution is 6.32. The number of hydrogen-bond acceptors (Lipinski definition) is 4. The molecule has 20 heavy (non-hydrogen) atoms. The highest BCUT2D eigenvalue weighted by atomic mass is 35.5. The topological polar surface area (TPSA) is 50.8 Å². The number of amides is 1. The Kier molecular flexibility index (Phi) is 5.23.